The Labute approximate surface area is 119 Å². The van der Waals surface area contributed by atoms with E-state index in [9.17, 15) is 17.2 Å². The Hall–Kier alpha value is -1.66. The van der Waals surface area contributed by atoms with Crippen molar-refractivity contribution >= 4 is 27.1 Å². The summed E-state index contributed by atoms with van der Waals surface area (Å²) in [5.74, 6) is -2.95. The zero-order valence-corrected chi connectivity index (χ0v) is 11.7. The number of halogens is 3. The maximum Gasteiger partial charge on any atom is 0.184 e. The van der Waals surface area contributed by atoms with Crippen LogP contribution in [0.4, 0.5) is 14.5 Å². The van der Waals surface area contributed by atoms with Gasteiger partial charge in [-0.05, 0) is 24.3 Å². The van der Waals surface area contributed by atoms with Gasteiger partial charge in [0.05, 0.1) is 16.3 Å². The van der Waals surface area contributed by atoms with Crippen molar-refractivity contribution in [2.75, 3.05) is 5.73 Å². The minimum absolute atomic E-state index is 0.0330. The van der Waals surface area contributed by atoms with Crippen molar-refractivity contribution in [2.24, 2.45) is 0 Å². The average molecular weight is 318 g/mol. The fraction of sp³-hybridized carbons (Fsp3) is 0.0769. The van der Waals surface area contributed by atoms with E-state index in [-0.39, 0.29) is 16.1 Å². The largest absolute Gasteiger partial charge is 0.398 e. The van der Waals surface area contributed by atoms with Crippen LogP contribution in [0, 0.1) is 11.6 Å². The van der Waals surface area contributed by atoms with E-state index in [0.29, 0.717) is 5.02 Å². The quantitative estimate of drug-likeness (QED) is 0.884. The molecule has 0 saturated carbocycles. The summed E-state index contributed by atoms with van der Waals surface area (Å²) in [5, 5.41) is 0.290. The van der Waals surface area contributed by atoms with Gasteiger partial charge in [-0.3, -0.25) is 0 Å². The third kappa shape index (κ3) is 2.91. The lowest BCUT2D eigenvalue weighted by Gasteiger charge is -2.09. The van der Waals surface area contributed by atoms with Gasteiger partial charge in [0.1, 0.15) is 0 Å². The van der Waals surface area contributed by atoms with Gasteiger partial charge in [0, 0.05) is 10.6 Å². The van der Waals surface area contributed by atoms with Crippen LogP contribution in [-0.2, 0) is 15.6 Å². The minimum atomic E-state index is -3.89. The van der Waals surface area contributed by atoms with Crippen molar-refractivity contribution in [1.82, 2.24) is 0 Å². The monoisotopic (exact) mass is 317 g/mol. The number of benzene rings is 2. The Morgan fingerprint density at radius 3 is 2.50 bits per heavy atom. The molecule has 0 saturated heterocycles. The molecule has 0 aliphatic rings. The van der Waals surface area contributed by atoms with Crippen LogP contribution in [0.2, 0.25) is 5.02 Å². The maximum absolute atomic E-state index is 13.5. The first-order valence-electron chi connectivity index (χ1n) is 5.52. The third-order valence-electron chi connectivity index (χ3n) is 2.68. The van der Waals surface area contributed by atoms with Crippen LogP contribution in [0.5, 0.6) is 0 Å². The third-order valence-corrected chi connectivity index (χ3v) is 4.65. The van der Waals surface area contributed by atoms with Crippen LogP contribution < -0.4 is 5.73 Å². The molecule has 0 radical (unpaired) electrons. The van der Waals surface area contributed by atoms with Crippen molar-refractivity contribution in [1.29, 1.82) is 0 Å². The molecule has 0 aliphatic carbocycles. The van der Waals surface area contributed by atoms with E-state index in [0.717, 1.165) is 6.07 Å². The summed E-state index contributed by atoms with van der Waals surface area (Å²) in [6.07, 6.45) is 0. The molecule has 0 bridgehead atoms. The van der Waals surface area contributed by atoms with Crippen molar-refractivity contribution < 1.29 is 17.2 Å². The number of rotatable bonds is 3. The molecule has 0 aromatic heterocycles. The van der Waals surface area contributed by atoms with E-state index in [4.69, 9.17) is 17.3 Å². The van der Waals surface area contributed by atoms with Gasteiger partial charge in [-0.1, -0.05) is 23.7 Å². The van der Waals surface area contributed by atoms with E-state index < -0.39 is 27.2 Å². The van der Waals surface area contributed by atoms with Crippen molar-refractivity contribution in [3.63, 3.8) is 0 Å². The zero-order valence-electron chi connectivity index (χ0n) is 10.1. The zero-order chi connectivity index (χ0) is 14.9. The second kappa shape index (κ2) is 5.38. The molecule has 0 atom stereocenters. The van der Waals surface area contributed by atoms with E-state index in [2.05, 4.69) is 0 Å². The highest BCUT2D eigenvalue weighted by Gasteiger charge is 2.21. The molecule has 2 aromatic carbocycles. The van der Waals surface area contributed by atoms with Crippen LogP contribution in [0.1, 0.15) is 5.56 Å². The molecule has 20 heavy (non-hydrogen) atoms. The van der Waals surface area contributed by atoms with Gasteiger partial charge >= 0.3 is 0 Å². The molecular weight excluding hydrogens is 308 g/mol. The Balaban J connectivity index is 2.44. The second-order valence-corrected chi connectivity index (χ2v) is 6.55. The van der Waals surface area contributed by atoms with Gasteiger partial charge in [-0.15, -0.1) is 0 Å². The minimum Gasteiger partial charge on any atom is -0.398 e. The van der Waals surface area contributed by atoms with Crippen LogP contribution in [-0.4, -0.2) is 8.42 Å². The molecule has 106 valence electrons. The lowest BCUT2D eigenvalue weighted by atomic mass is 10.2. The first kappa shape index (κ1) is 14.7. The van der Waals surface area contributed by atoms with E-state index in [1.165, 1.54) is 30.3 Å². The summed E-state index contributed by atoms with van der Waals surface area (Å²) < 4.78 is 51.0. The number of anilines is 1. The predicted octanol–water partition coefficient (Wildman–Crippen LogP) is 3.17. The van der Waals surface area contributed by atoms with Crippen molar-refractivity contribution in [3.05, 3.63) is 58.6 Å². The van der Waals surface area contributed by atoms with Crippen molar-refractivity contribution in [3.8, 4) is 0 Å². The molecule has 0 aliphatic heterocycles. The van der Waals surface area contributed by atoms with Crippen LogP contribution in [0.25, 0.3) is 0 Å². The average Bonchev–Trinajstić information content (AvgIpc) is 2.34. The SMILES string of the molecule is Nc1cc(Cl)ccc1S(=O)(=O)Cc1cccc(F)c1F. The number of sulfone groups is 1. The van der Waals surface area contributed by atoms with Gasteiger partial charge in [0.15, 0.2) is 21.5 Å². The van der Waals surface area contributed by atoms with Gasteiger partial charge in [-0.25, -0.2) is 17.2 Å². The topological polar surface area (TPSA) is 60.2 Å². The lowest BCUT2D eigenvalue weighted by molar-refractivity contribution is 0.501. The summed E-state index contributed by atoms with van der Waals surface area (Å²) in [6.45, 7) is 0. The second-order valence-electron chi connectivity index (χ2n) is 4.15. The first-order valence-corrected chi connectivity index (χ1v) is 7.55. The summed E-state index contributed by atoms with van der Waals surface area (Å²) in [6, 6.07) is 7.27. The summed E-state index contributed by atoms with van der Waals surface area (Å²) >= 11 is 5.69. The number of nitrogens with two attached hydrogens (primary N) is 1. The number of nitrogen functional groups attached to an aromatic ring is 1. The molecular formula is C13H10ClF2NO2S. The first-order chi connectivity index (χ1) is 9.31. The van der Waals surface area contributed by atoms with E-state index in [1.54, 1.807) is 0 Å². The molecule has 0 spiro atoms. The smallest absolute Gasteiger partial charge is 0.184 e. The molecule has 0 amide bonds. The standard InChI is InChI=1S/C13H10ClF2NO2S/c14-9-4-5-12(11(17)6-9)20(18,19)7-8-2-1-3-10(15)13(8)16/h1-6H,7,17H2. The van der Waals surface area contributed by atoms with Gasteiger partial charge < -0.3 is 5.73 Å². The van der Waals surface area contributed by atoms with E-state index in [1.807, 2.05) is 0 Å². The van der Waals surface area contributed by atoms with Gasteiger partial charge in [-0.2, -0.15) is 0 Å². The molecule has 3 nitrogen and oxygen atoms in total. The molecule has 0 fully saturated rings. The van der Waals surface area contributed by atoms with Gasteiger partial charge in [0.2, 0.25) is 0 Å². The molecule has 0 unspecified atom stereocenters. The summed E-state index contributed by atoms with van der Waals surface area (Å²) in [7, 11) is -3.89. The normalized spacial score (nSPS) is 11.6. The predicted molar refractivity (Wildman–Crippen MR) is 73.1 cm³/mol. The molecule has 2 rings (SSSR count). The number of hydrogen-bond acceptors (Lipinski definition) is 3. The van der Waals surface area contributed by atoms with Crippen LogP contribution >= 0.6 is 11.6 Å². The Morgan fingerprint density at radius 1 is 1.15 bits per heavy atom. The summed E-state index contributed by atoms with van der Waals surface area (Å²) in [5.41, 5.74) is 5.31. The highest BCUT2D eigenvalue weighted by Crippen LogP contribution is 2.26. The Bertz CT molecular complexity index is 763. The van der Waals surface area contributed by atoms with Crippen molar-refractivity contribution in [2.45, 2.75) is 10.6 Å². The summed E-state index contributed by atoms with van der Waals surface area (Å²) in [4.78, 5) is -0.162. The lowest BCUT2D eigenvalue weighted by Crippen LogP contribution is -2.09. The molecule has 2 N–H and O–H groups in total. The maximum atomic E-state index is 13.5. The van der Waals surface area contributed by atoms with Gasteiger partial charge in [0.25, 0.3) is 0 Å². The highest BCUT2D eigenvalue weighted by atomic mass is 35.5. The fourth-order valence-electron chi connectivity index (χ4n) is 1.74. The highest BCUT2D eigenvalue weighted by molar-refractivity contribution is 7.90. The Kier molecular flexibility index (Phi) is 3.96. The van der Waals surface area contributed by atoms with E-state index >= 15 is 0 Å². The molecule has 0 heterocycles. The fourth-order valence-corrected chi connectivity index (χ4v) is 3.41. The Morgan fingerprint density at radius 2 is 1.85 bits per heavy atom. The molecule has 7 heteroatoms. The van der Waals surface area contributed by atoms with Crippen LogP contribution in [0.15, 0.2) is 41.3 Å². The molecule has 2 aromatic rings. The van der Waals surface area contributed by atoms with Crippen LogP contribution in [0.3, 0.4) is 0 Å². The number of hydrogen-bond donors (Lipinski definition) is 1.